The number of nitriles is 1. The van der Waals surface area contributed by atoms with Gasteiger partial charge < -0.3 is 15.0 Å². The molecule has 2 rings (SSSR count). The van der Waals surface area contributed by atoms with Crippen molar-refractivity contribution < 1.29 is 9.53 Å². The molecule has 1 aromatic carbocycles. The summed E-state index contributed by atoms with van der Waals surface area (Å²) in [6, 6.07) is 9.85. The van der Waals surface area contributed by atoms with Gasteiger partial charge in [0, 0.05) is 25.1 Å². The fourth-order valence-electron chi connectivity index (χ4n) is 2.38. The molecule has 0 saturated heterocycles. The van der Waals surface area contributed by atoms with Gasteiger partial charge in [-0.3, -0.25) is 4.79 Å². The number of methoxy groups -OCH3 is 1. The summed E-state index contributed by atoms with van der Waals surface area (Å²) < 4.78 is 5.39. The standard InChI is InChI=1S/C18H21N3O2S/c1-13-4-5-16(23-3)15(10-13)12-21(2)8-6-17(22)20-18-14(11-19)7-9-24-18/h4-5,7,9-10H,6,8,12H2,1-3H3,(H,20,22). The van der Waals surface area contributed by atoms with E-state index in [0.717, 1.165) is 11.3 Å². The average Bonchev–Trinajstić information content (AvgIpc) is 3.00. The second-order valence-corrected chi connectivity index (χ2v) is 6.54. The number of hydrogen-bond acceptors (Lipinski definition) is 5. The molecule has 0 unspecified atom stereocenters. The SMILES string of the molecule is COc1ccc(C)cc1CN(C)CCC(=O)Nc1sccc1C#N. The van der Waals surface area contributed by atoms with E-state index in [-0.39, 0.29) is 5.91 Å². The number of thiophene rings is 1. The van der Waals surface area contributed by atoms with E-state index in [4.69, 9.17) is 10.00 Å². The van der Waals surface area contributed by atoms with Crippen LogP contribution in [-0.2, 0) is 11.3 Å². The molecule has 0 aliphatic carbocycles. The molecule has 0 aliphatic heterocycles. The van der Waals surface area contributed by atoms with Crippen LogP contribution in [0.5, 0.6) is 5.75 Å². The van der Waals surface area contributed by atoms with Crippen LogP contribution in [0.25, 0.3) is 0 Å². The highest BCUT2D eigenvalue weighted by Crippen LogP contribution is 2.23. The third kappa shape index (κ3) is 4.82. The minimum absolute atomic E-state index is 0.0861. The Bertz CT molecular complexity index is 749. The number of aryl methyl sites for hydroxylation is 1. The number of hydrogen-bond donors (Lipinski definition) is 1. The van der Waals surface area contributed by atoms with E-state index < -0.39 is 0 Å². The summed E-state index contributed by atoms with van der Waals surface area (Å²) in [5.74, 6) is 0.770. The van der Waals surface area contributed by atoms with Gasteiger partial charge in [-0.05, 0) is 31.5 Å². The lowest BCUT2D eigenvalue weighted by Gasteiger charge is -2.18. The molecule has 1 heterocycles. The molecule has 0 spiro atoms. The van der Waals surface area contributed by atoms with Gasteiger partial charge in [-0.1, -0.05) is 17.7 Å². The van der Waals surface area contributed by atoms with Gasteiger partial charge in [-0.25, -0.2) is 0 Å². The zero-order valence-electron chi connectivity index (χ0n) is 14.1. The van der Waals surface area contributed by atoms with E-state index in [1.807, 2.05) is 26.1 Å². The second kappa shape index (κ2) is 8.48. The molecule has 0 saturated carbocycles. The van der Waals surface area contributed by atoms with Crippen molar-refractivity contribution >= 4 is 22.2 Å². The summed E-state index contributed by atoms with van der Waals surface area (Å²) in [5.41, 5.74) is 2.79. The minimum atomic E-state index is -0.0861. The van der Waals surface area contributed by atoms with E-state index >= 15 is 0 Å². The largest absolute Gasteiger partial charge is 0.496 e. The quantitative estimate of drug-likeness (QED) is 0.837. The lowest BCUT2D eigenvalue weighted by Crippen LogP contribution is -2.24. The van der Waals surface area contributed by atoms with Gasteiger partial charge in [0.05, 0.1) is 12.7 Å². The van der Waals surface area contributed by atoms with Gasteiger partial charge in [0.25, 0.3) is 0 Å². The van der Waals surface area contributed by atoms with Crippen molar-refractivity contribution in [3.8, 4) is 11.8 Å². The summed E-state index contributed by atoms with van der Waals surface area (Å²) in [6.45, 7) is 3.38. The number of nitrogens with one attached hydrogen (secondary N) is 1. The van der Waals surface area contributed by atoms with Crippen molar-refractivity contribution in [2.24, 2.45) is 0 Å². The Kier molecular flexibility index (Phi) is 6.36. The van der Waals surface area contributed by atoms with Gasteiger partial charge in [0.2, 0.25) is 5.91 Å². The molecular weight excluding hydrogens is 322 g/mol. The topological polar surface area (TPSA) is 65.4 Å². The number of nitrogens with zero attached hydrogens (tertiary/aromatic N) is 2. The molecule has 0 atom stereocenters. The van der Waals surface area contributed by atoms with E-state index in [9.17, 15) is 4.79 Å². The fourth-order valence-corrected chi connectivity index (χ4v) is 3.13. The Morgan fingerprint density at radius 1 is 1.42 bits per heavy atom. The van der Waals surface area contributed by atoms with Crippen molar-refractivity contribution in [3.05, 3.63) is 46.3 Å². The van der Waals surface area contributed by atoms with Crippen molar-refractivity contribution in [2.75, 3.05) is 26.0 Å². The Morgan fingerprint density at radius 2 is 2.21 bits per heavy atom. The molecule has 126 valence electrons. The molecule has 0 aliphatic rings. The number of anilines is 1. The average molecular weight is 343 g/mol. The Labute approximate surface area is 146 Å². The maximum Gasteiger partial charge on any atom is 0.226 e. The van der Waals surface area contributed by atoms with Gasteiger partial charge in [0.1, 0.15) is 16.8 Å². The highest BCUT2D eigenvalue weighted by atomic mass is 32.1. The summed E-state index contributed by atoms with van der Waals surface area (Å²) in [6.07, 6.45) is 0.368. The summed E-state index contributed by atoms with van der Waals surface area (Å²) in [7, 11) is 3.64. The van der Waals surface area contributed by atoms with Crippen LogP contribution in [0.15, 0.2) is 29.6 Å². The third-order valence-electron chi connectivity index (χ3n) is 3.64. The zero-order chi connectivity index (χ0) is 17.5. The lowest BCUT2D eigenvalue weighted by molar-refractivity contribution is -0.116. The molecule has 1 aromatic heterocycles. The predicted molar refractivity (Wildman–Crippen MR) is 96.3 cm³/mol. The molecule has 1 N–H and O–H groups in total. The smallest absolute Gasteiger partial charge is 0.226 e. The molecule has 5 nitrogen and oxygen atoms in total. The van der Waals surface area contributed by atoms with Gasteiger partial charge in [0.15, 0.2) is 0 Å². The van der Waals surface area contributed by atoms with E-state index in [2.05, 4.69) is 22.4 Å². The molecule has 2 aromatic rings. The molecule has 0 radical (unpaired) electrons. The number of ether oxygens (including phenoxy) is 1. The van der Waals surface area contributed by atoms with Gasteiger partial charge in [-0.2, -0.15) is 5.26 Å². The van der Waals surface area contributed by atoms with Crippen molar-refractivity contribution in [1.29, 1.82) is 5.26 Å². The maximum absolute atomic E-state index is 12.0. The third-order valence-corrected chi connectivity index (χ3v) is 4.47. The first-order valence-electron chi connectivity index (χ1n) is 7.63. The predicted octanol–water partition coefficient (Wildman–Crippen LogP) is 3.40. The number of rotatable bonds is 7. The molecule has 24 heavy (non-hydrogen) atoms. The molecule has 0 bridgehead atoms. The monoisotopic (exact) mass is 343 g/mol. The van der Waals surface area contributed by atoms with Crippen LogP contribution in [0, 0.1) is 18.3 Å². The van der Waals surface area contributed by atoms with Gasteiger partial charge >= 0.3 is 0 Å². The number of carbonyl (C=O) groups excluding carboxylic acids is 1. The molecular formula is C18H21N3O2S. The van der Waals surface area contributed by atoms with Crippen LogP contribution in [0.3, 0.4) is 0 Å². The van der Waals surface area contributed by atoms with Crippen molar-refractivity contribution in [2.45, 2.75) is 19.9 Å². The first kappa shape index (κ1) is 18.0. The van der Waals surface area contributed by atoms with Crippen molar-refractivity contribution in [3.63, 3.8) is 0 Å². The second-order valence-electron chi connectivity index (χ2n) is 5.63. The highest BCUT2D eigenvalue weighted by molar-refractivity contribution is 7.14. The van der Waals surface area contributed by atoms with Crippen LogP contribution in [0.4, 0.5) is 5.00 Å². The highest BCUT2D eigenvalue weighted by Gasteiger charge is 2.11. The van der Waals surface area contributed by atoms with Crippen molar-refractivity contribution in [1.82, 2.24) is 4.90 Å². The Morgan fingerprint density at radius 3 is 2.92 bits per heavy atom. The molecule has 0 fully saturated rings. The normalized spacial score (nSPS) is 10.5. The fraction of sp³-hybridized carbons (Fsp3) is 0.333. The van der Waals surface area contributed by atoms with Crippen LogP contribution in [0.2, 0.25) is 0 Å². The van der Waals surface area contributed by atoms with E-state index in [0.29, 0.717) is 30.1 Å². The van der Waals surface area contributed by atoms with Crippen LogP contribution < -0.4 is 10.1 Å². The summed E-state index contributed by atoms with van der Waals surface area (Å²) >= 11 is 1.36. The Hall–Kier alpha value is -2.36. The number of carbonyl (C=O) groups is 1. The number of amides is 1. The van der Waals surface area contributed by atoms with Crippen LogP contribution >= 0.6 is 11.3 Å². The zero-order valence-corrected chi connectivity index (χ0v) is 14.9. The van der Waals surface area contributed by atoms with Gasteiger partial charge in [-0.15, -0.1) is 11.3 Å². The first-order chi connectivity index (χ1) is 11.5. The van der Waals surface area contributed by atoms with E-state index in [1.54, 1.807) is 18.6 Å². The lowest BCUT2D eigenvalue weighted by atomic mass is 10.1. The first-order valence-corrected chi connectivity index (χ1v) is 8.51. The number of benzene rings is 1. The summed E-state index contributed by atoms with van der Waals surface area (Å²) in [4.78, 5) is 14.1. The van der Waals surface area contributed by atoms with Crippen LogP contribution in [-0.4, -0.2) is 31.5 Å². The maximum atomic E-state index is 12.0. The Balaban J connectivity index is 1.87. The van der Waals surface area contributed by atoms with E-state index in [1.165, 1.54) is 16.9 Å². The van der Waals surface area contributed by atoms with Crippen LogP contribution in [0.1, 0.15) is 23.1 Å². The molecule has 1 amide bonds. The molecule has 6 heteroatoms. The summed E-state index contributed by atoms with van der Waals surface area (Å²) in [5, 5.41) is 14.2. The minimum Gasteiger partial charge on any atom is -0.496 e.